The molecule has 18 heavy (non-hydrogen) atoms. The fourth-order valence-corrected chi connectivity index (χ4v) is 1.93. The van der Waals surface area contributed by atoms with Gasteiger partial charge in [0.25, 0.3) is 0 Å². The first kappa shape index (κ1) is 15.0. The average molecular weight is 255 g/mol. The van der Waals surface area contributed by atoms with Crippen LogP contribution in [-0.4, -0.2) is 30.9 Å². The molecule has 0 saturated heterocycles. The van der Waals surface area contributed by atoms with Gasteiger partial charge in [-0.2, -0.15) is 0 Å². The third kappa shape index (κ3) is 6.05. The number of carbonyl (C=O) groups excluding carboxylic acids is 1. The van der Waals surface area contributed by atoms with Gasteiger partial charge in [-0.25, -0.2) is 4.79 Å². The number of carbonyl (C=O) groups is 1. The summed E-state index contributed by atoms with van der Waals surface area (Å²) in [5, 5.41) is 3.27. The number of hydrogen-bond acceptors (Lipinski definition) is 4. The number of hydrogen-bond donors (Lipinski definition) is 1. The van der Waals surface area contributed by atoms with E-state index in [1.807, 2.05) is 33.9 Å². The van der Waals surface area contributed by atoms with Crippen molar-refractivity contribution in [3.05, 3.63) is 12.2 Å². The summed E-state index contributed by atoms with van der Waals surface area (Å²) in [6, 6.07) is 0.531. The molecular weight excluding hydrogens is 230 g/mol. The van der Waals surface area contributed by atoms with Gasteiger partial charge >= 0.3 is 6.16 Å². The second-order valence-corrected chi connectivity index (χ2v) is 5.70. The molecule has 0 aromatic heterocycles. The second-order valence-electron chi connectivity index (χ2n) is 5.70. The highest BCUT2D eigenvalue weighted by Crippen LogP contribution is 2.17. The lowest BCUT2D eigenvalue weighted by molar-refractivity contribution is -0.0200. The molecule has 0 bridgehead atoms. The predicted molar refractivity (Wildman–Crippen MR) is 71.6 cm³/mol. The zero-order valence-electron chi connectivity index (χ0n) is 11.9. The van der Waals surface area contributed by atoms with E-state index in [0.29, 0.717) is 6.04 Å². The molecule has 1 N–H and O–H groups in total. The van der Waals surface area contributed by atoms with Gasteiger partial charge < -0.3 is 14.8 Å². The minimum atomic E-state index is -0.581. The van der Waals surface area contributed by atoms with Gasteiger partial charge in [0, 0.05) is 6.04 Å². The Morgan fingerprint density at radius 3 is 2.67 bits per heavy atom. The molecule has 2 atom stereocenters. The summed E-state index contributed by atoms with van der Waals surface area (Å²) >= 11 is 0. The van der Waals surface area contributed by atoms with Gasteiger partial charge in [-0.15, -0.1) is 0 Å². The Kier molecular flexibility index (Phi) is 5.66. The van der Waals surface area contributed by atoms with Crippen LogP contribution in [0.25, 0.3) is 0 Å². The fourth-order valence-electron chi connectivity index (χ4n) is 1.93. The van der Waals surface area contributed by atoms with Crippen molar-refractivity contribution >= 4 is 6.16 Å². The van der Waals surface area contributed by atoms with E-state index >= 15 is 0 Å². The topological polar surface area (TPSA) is 47.6 Å². The van der Waals surface area contributed by atoms with Gasteiger partial charge in [0.15, 0.2) is 0 Å². The lowest BCUT2D eigenvalue weighted by Crippen LogP contribution is -2.29. The van der Waals surface area contributed by atoms with Gasteiger partial charge in [0.05, 0.1) is 0 Å². The molecule has 2 unspecified atom stereocenters. The fraction of sp³-hybridized carbons (Fsp3) is 0.786. The quantitative estimate of drug-likeness (QED) is 0.608. The maximum atomic E-state index is 11.6. The zero-order valence-corrected chi connectivity index (χ0v) is 11.9. The van der Waals surface area contributed by atoms with E-state index in [-0.39, 0.29) is 6.10 Å². The Labute approximate surface area is 110 Å². The first-order chi connectivity index (χ1) is 8.40. The van der Waals surface area contributed by atoms with Gasteiger partial charge in [-0.05, 0) is 59.6 Å². The number of ether oxygens (including phenoxy) is 2. The molecule has 0 amide bonds. The molecule has 0 aromatic rings. The smallest absolute Gasteiger partial charge is 0.429 e. The zero-order chi connectivity index (χ0) is 13.6. The minimum Gasteiger partial charge on any atom is -0.429 e. The highest BCUT2D eigenvalue weighted by atomic mass is 16.7. The van der Waals surface area contributed by atoms with Crippen LogP contribution in [0, 0.1) is 0 Å². The lowest BCUT2D eigenvalue weighted by Gasteiger charge is -2.23. The van der Waals surface area contributed by atoms with E-state index in [1.54, 1.807) is 0 Å². The summed E-state index contributed by atoms with van der Waals surface area (Å²) < 4.78 is 10.5. The van der Waals surface area contributed by atoms with Crippen LogP contribution in [0.2, 0.25) is 0 Å². The molecule has 0 aromatic carbocycles. The minimum absolute atomic E-state index is 0.155. The van der Waals surface area contributed by atoms with E-state index in [1.165, 1.54) is 0 Å². The summed E-state index contributed by atoms with van der Waals surface area (Å²) in [5.41, 5.74) is -0.500. The van der Waals surface area contributed by atoms with Crippen LogP contribution in [0.1, 0.15) is 46.5 Å². The number of nitrogens with one attached hydrogen (secondary N) is 1. The van der Waals surface area contributed by atoms with E-state index in [2.05, 4.69) is 11.4 Å². The Morgan fingerprint density at radius 1 is 1.33 bits per heavy atom. The van der Waals surface area contributed by atoms with Gasteiger partial charge in [-0.1, -0.05) is 6.08 Å². The Hall–Kier alpha value is -1.03. The van der Waals surface area contributed by atoms with E-state index in [0.717, 1.165) is 25.7 Å². The number of rotatable bonds is 2. The van der Waals surface area contributed by atoms with Crippen LogP contribution in [0.5, 0.6) is 0 Å². The van der Waals surface area contributed by atoms with Crippen molar-refractivity contribution in [2.75, 3.05) is 7.05 Å². The van der Waals surface area contributed by atoms with E-state index < -0.39 is 11.8 Å². The molecule has 1 rings (SSSR count). The molecule has 104 valence electrons. The Morgan fingerprint density at radius 2 is 2.06 bits per heavy atom. The monoisotopic (exact) mass is 255 g/mol. The van der Waals surface area contributed by atoms with Crippen molar-refractivity contribution in [2.24, 2.45) is 0 Å². The maximum Gasteiger partial charge on any atom is 0.509 e. The van der Waals surface area contributed by atoms with Gasteiger partial charge in [0.1, 0.15) is 11.7 Å². The van der Waals surface area contributed by atoms with Crippen LogP contribution >= 0.6 is 0 Å². The summed E-state index contributed by atoms with van der Waals surface area (Å²) in [4.78, 5) is 11.6. The molecule has 4 nitrogen and oxygen atoms in total. The maximum absolute atomic E-state index is 11.6. The van der Waals surface area contributed by atoms with Crippen LogP contribution in [0.15, 0.2) is 12.2 Å². The normalized spacial score (nSPS) is 26.9. The van der Waals surface area contributed by atoms with Crippen LogP contribution in [0.3, 0.4) is 0 Å². The first-order valence-electron chi connectivity index (χ1n) is 6.64. The average Bonchev–Trinajstić information content (AvgIpc) is 2.19. The molecule has 0 heterocycles. The molecule has 0 saturated carbocycles. The Balaban J connectivity index is 2.42. The lowest BCUT2D eigenvalue weighted by atomic mass is 10.0. The van der Waals surface area contributed by atoms with Crippen molar-refractivity contribution in [3.63, 3.8) is 0 Å². The third-order valence-electron chi connectivity index (χ3n) is 2.86. The largest absolute Gasteiger partial charge is 0.509 e. The van der Waals surface area contributed by atoms with Gasteiger partial charge in [0.2, 0.25) is 0 Å². The van der Waals surface area contributed by atoms with E-state index in [4.69, 9.17) is 9.47 Å². The molecular formula is C14H25NO3. The highest BCUT2D eigenvalue weighted by molar-refractivity contribution is 5.61. The van der Waals surface area contributed by atoms with Crippen molar-refractivity contribution in [3.8, 4) is 0 Å². The molecule has 4 heteroatoms. The van der Waals surface area contributed by atoms with Crippen LogP contribution in [-0.2, 0) is 9.47 Å². The van der Waals surface area contributed by atoms with Crippen molar-refractivity contribution in [1.29, 1.82) is 0 Å². The van der Waals surface area contributed by atoms with Gasteiger partial charge in [-0.3, -0.25) is 0 Å². The molecule has 0 fully saturated rings. The summed E-state index contributed by atoms with van der Waals surface area (Å²) in [6.45, 7) is 5.50. The summed E-state index contributed by atoms with van der Waals surface area (Å²) in [6.07, 6.45) is 7.29. The second kappa shape index (κ2) is 6.78. The van der Waals surface area contributed by atoms with Crippen molar-refractivity contribution < 1.29 is 14.3 Å². The molecule has 1 aliphatic rings. The summed E-state index contributed by atoms with van der Waals surface area (Å²) in [7, 11) is 1.98. The molecule has 1 aliphatic carbocycles. The first-order valence-corrected chi connectivity index (χ1v) is 6.64. The molecule has 0 spiro atoms. The Bertz CT molecular complexity index is 294. The predicted octanol–water partition coefficient (Wildman–Crippen LogP) is 3.02. The van der Waals surface area contributed by atoms with Crippen LogP contribution in [0.4, 0.5) is 4.79 Å². The SMILES string of the molecule is CNC1C/C=C/C(OC(=O)OC(C)(C)C)CCC1. The highest BCUT2D eigenvalue weighted by Gasteiger charge is 2.21. The van der Waals surface area contributed by atoms with Crippen molar-refractivity contribution in [2.45, 2.75) is 64.2 Å². The summed E-state index contributed by atoms with van der Waals surface area (Å²) in [5.74, 6) is 0. The molecule has 0 radical (unpaired) electrons. The standard InChI is InChI=1S/C14H25NO3/c1-14(2,3)18-13(16)17-12-9-5-7-11(15-4)8-6-10-12/h5,9,11-12,15H,6-8,10H2,1-4H3/b9-5+. The molecule has 0 aliphatic heterocycles. The van der Waals surface area contributed by atoms with Crippen LogP contribution < -0.4 is 5.32 Å². The van der Waals surface area contributed by atoms with E-state index in [9.17, 15) is 4.79 Å². The third-order valence-corrected chi connectivity index (χ3v) is 2.86. The van der Waals surface area contributed by atoms with Crippen molar-refractivity contribution in [1.82, 2.24) is 5.32 Å².